The Balaban J connectivity index is 1.58. The topological polar surface area (TPSA) is 69.4 Å². The van der Waals surface area contributed by atoms with E-state index < -0.39 is 0 Å². The number of hydrogen-bond acceptors (Lipinski definition) is 6. The van der Waals surface area contributed by atoms with Gasteiger partial charge in [-0.25, -0.2) is 0 Å². The zero-order valence-corrected chi connectivity index (χ0v) is 10.8. The van der Waals surface area contributed by atoms with Crippen molar-refractivity contribution in [3.63, 3.8) is 0 Å². The highest BCUT2D eigenvalue weighted by Gasteiger charge is 2.36. The molecule has 2 heterocycles. The molecule has 0 amide bonds. The Morgan fingerprint density at radius 3 is 2.83 bits per heavy atom. The molecule has 1 saturated heterocycles. The second kappa shape index (κ2) is 4.60. The molecule has 0 radical (unpaired) electrons. The van der Waals surface area contributed by atoms with Gasteiger partial charge in [-0.15, -0.1) is 0 Å². The molecule has 6 heteroatoms. The molecule has 1 saturated carbocycles. The SMILES string of the molecule is COC(c1noc(COC2(C)CNC2)n1)C1CC1. The quantitative estimate of drug-likeness (QED) is 0.817. The standard InChI is InChI=1S/C12H19N3O3/c1-12(6-13-7-12)17-5-9-14-11(15-18-9)10(16-2)8-3-4-8/h8,10,13H,3-7H2,1-2H3. The van der Waals surface area contributed by atoms with Crippen LogP contribution in [-0.2, 0) is 16.1 Å². The van der Waals surface area contributed by atoms with Crippen LogP contribution in [0.5, 0.6) is 0 Å². The Morgan fingerprint density at radius 2 is 2.28 bits per heavy atom. The smallest absolute Gasteiger partial charge is 0.252 e. The van der Waals surface area contributed by atoms with Crippen molar-refractivity contribution in [3.8, 4) is 0 Å². The highest BCUT2D eigenvalue weighted by Crippen LogP contribution is 2.41. The first-order valence-corrected chi connectivity index (χ1v) is 6.40. The van der Waals surface area contributed by atoms with Crippen LogP contribution in [0.3, 0.4) is 0 Å². The fourth-order valence-corrected chi connectivity index (χ4v) is 2.16. The summed E-state index contributed by atoms with van der Waals surface area (Å²) in [4.78, 5) is 4.36. The zero-order valence-electron chi connectivity index (χ0n) is 10.8. The van der Waals surface area contributed by atoms with Crippen LogP contribution in [0.25, 0.3) is 0 Å². The van der Waals surface area contributed by atoms with E-state index in [0.717, 1.165) is 13.1 Å². The molecule has 0 bridgehead atoms. The Bertz CT molecular complexity index is 412. The van der Waals surface area contributed by atoms with Crippen molar-refractivity contribution in [2.75, 3.05) is 20.2 Å². The lowest BCUT2D eigenvalue weighted by Gasteiger charge is -2.38. The van der Waals surface area contributed by atoms with E-state index >= 15 is 0 Å². The third-order valence-electron chi connectivity index (χ3n) is 3.58. The average molecular weight is 253 g/mol. The number of ether oxygens (including phenoxy) is 2. The van der Waals surface area contributed by atoms with Crippen molar-refractivity contribution in [2.45, 2.75) is 38.1 Å². The van der Waals surface area contributed by atoms with Gasteiger partial charge in [-0.05, 0) is 25.7 Å². The monoisotopic (exact) mass is 253 g/mol. The van der Waals surface area contributed by atoms with Crippen LogP contribution >= 0.6 is 0 Å². The lowest BCUT2D eigenvalue weighted by Crippen LogP contribution is -2.58. The summed E-state index contributed by atoms with van der Waals surface area (Å²) >= 11 is 0. The minimum Gasteiger partial charge on any atom is -0.373 e. The number of rotatable bonds is 6. The Kier molecular flexibility index (Phi) is 3.09. The van der Waals surface area contributed by atoms with Crippen LogP contribution in [0, 0.1) is 5.92 Å². The summed E-state index contributed by atoms with van der Waals surface area (Å²) in [6.07, 6.45) is 2.34. The minimum absolute atomic E-state index is 0.0246. The predicted octanol–water partition coefficient (Wildman–Crippen LogP) is 1.05. The number of hydrogen-bond donors (Lipinski definition) is 1. The fraction of sp³-hybridized carbons (Fsp3) is 0.833. The molecule has 0 aromatic carbocycles. The number of aromatic nitrogens is 2. The van der Waals surface area contributed by atoms with Gasteiger partial charge in [0.2, 0.25) is 5.82 Å². The Morgan fingerprint density at radius 1 is 1.50 bits per heavy atom. The second-order valence-electron chi connectivity index (χ2n) is 5.38. The van der Waals surface area contributed by atoms with Crippen LogP contribution in [0.4, 0.5) is 0 Å². The Labute approximate surface area is 106 Å². The first kappa shape index (κ1) is 12.1. The lowest BCUT2D eigenvalue weighted by molar-refractivity contribution is -0.0841. The Hall–Kier alpha value is -0.980. The van der Waals surface area contributed by atoms with Gasteiger partial charge in [-0.3, -0.25) is 0 Å². The van der Waals surface area contributed by atoms with Gasteiger partial charge in [0.1, 0.15) is 12.7 Å². The summed E-state index contributed by atoms with van der Waals surface area (Å²) in [6, 6.07) is 0. The fourth-order valence-electron chi connectivity index (χ4n) is 2.16. The molecular formula is C12H19N3O3. The largest absolute Gasteiger partial charge is 0.373 e. The van der Waals surface area contributed by atoms with Crippen molar-refractivity contribution in [2.24, 2.45) is 5.92 Å². The predicted molar refractivity (Wildman–Crippen MR) is 62.8 cm³/mol. The second-order valence-corrected chi connectivity index (χ2v) is 5.38. The molecule has 1 N–H and O–H groups in total. The third-order valence-corrected chi connectivity index (χ3v) is 3.58. The van der Waals surface area contributed by atoms with Crippen molar-refractivity contribution in [1.29, 1.82) is 0 Å². The van der Waals surface area contributed by atoms with Gasteiger partial charge in [0.15, 0.2) is 0 Å². The number of nitrogens with one attached hydrogen (secondary N) is 1. The molecule has 2 fully saturated rings. The maximum absolute atomic E-state index is 5.75. The van der Waals surface area contributed by atoms with Crippen molar-refractivity contribution < 1.29 is 14.0 Å². The van der Waals surface area contributed by atoms with E-state index in [4.69, 9.17) is 14.0 Å². The van der Waals surface area contributed by atoms with Gasteiger partial charge in [-0.2, -0.15) is 4.98 Å². The summed E-state index contributed by atoms with van der Waals surface area (Å²) in [7, 11) is 1.69. The molecule has 18 heavy (non-hydrogen) atoms. The summed E-state index contributed by atoms with van der Waals surface area (Å²) in [5.41, 5.74) is -0.0915. The molecule has 1 atom stereocenters. The first-order valence-electron chi connectivity index (χ1n) is 6.40. The molecule has 100 valence electrons. The first-order chi connectivity index (χ1) is 8.70. The maximum atomic E-state index is 5.75. The van der Waals surface area contributed by atoms with Crippen LogP contribution in [-0.4, -0.2) is 35.9 Å². The van der Waals surface area contributed by atoms with E-state index in [1.165, 1.54) is 12.8 Å². The van der Waals surface area contributed by atoms with Gasteiger partial charge >= 0.3 is 0 Å². The average Bonchev–Trinajstić information content (AvgIpc) is 3.04. The van der Waals surface area contributed by atoms with E-state index in [0.29, 0.717) is 24.2 Å². The third kappa shape index (κ3) is 2.41. The molecular weight excluding hydrogens is 234 g/mol. The minimum atomic E-state index is -0.0915. The van der Waals surface area contributed by atoms with Gasteiger partial charge in [0, 0.05) is 20.2 Å². The normalized spacial score (nSPS) is 23.7. The number of methoxy groups -OCH3 is 1. The highest BCUT2D eigenvalue weighted by molar-refractivity contribution is 4.98. The molecule has 1 aromatic rings. The van der Waals surface area contributed by atoms with Crippen LogP contribution in [0.1, 0.15) is 37.6 Å². The van der Waals surface area contributed by atoms with E-state index in [1.807, 2.05) is 0 Å². The van der Waals surface area contributed by atoms with Gasteiger partial charge in [0.25, 0.3) is 5.89 Å². The van der Waals surface area contributed by atoms with Crippen LogP contribution < -0.4 is 5.32 Å². The van der Waals surface area contributed by atoms with Gasteiger partial charge in [0.05, 0.1) is 5.60 Å². The lowest BCUT2D eigenvalue weighted by atomic mass is 10.0. The molecule has 1 aliphatic heterocycles. The molecule has 1 aliphatic carbocycles. The molecule has 1 unspecified atom stereocenters. The van der Waals surface area contributed by atoms with E-state index in [1.54, 1.807) is 7.11 Å². The van der Waals surface area contributed by atoms with Gasteiger partial charge in [-0.1, -0.05) is 5.16 Å². The maximum Gasteiger partial charge on any atom is 0.252 e. The van der Waals surface area contributed by atoms with Crippen LogP contribution in [0.15, 0.2) is 4.52 Å². The molecule has 0 spiro atoms. The van der Waals surface area contributed by atoms with E-state index in [9.17, 15) is 0 Å². The van der Waals surface area contributed by atoms with E-state index in [-0.39, 0.29) is 11.7 Å². The molecule has 6 nitrogen and oxygen atoms in total. The highest BCUT2D eigenvalue weighted by atomic mass is 16.5. The zero-order chi connectivity index (χ0) is 12.6. The summed E-state index contributed by atoms with van der Waals surface area (Å²) in [5.74, 6) is 1.73. The molecule has 3 rings (SSSR count). The van der Waals surface area contributed by atoms with Gasteiger partial charge < -0.3 is 19.3 Å². The molecule has 2 aliphatic rings. The van der Waals surface area contributed by atoms with Crippen LogP contribution in [0.2, 0.25) is 0 Å². The number of nitrogens with zero attached hydrogens (tertiary/aromatic N) is 2. The summed E-state index contributed by atoms with van der Waals surface area (Å²) < 4.78 is 16.4. The van der Waals surface area contributed by atoms with Crippen molar-refractivity contribution in [3.05, 3.63) is 11.7 Å². The summed E-state index contributed by atoms with van der Waals surface area (Å²) in [6.45, 7) is 4.18. The molecule has 1 aromatic heterocycles. The van der Waals surface area contributed by atoms with E-state index in [2.05, 4.69) is 22.4 Å². The van der Waals surface area contributed by atoms with Crippen molar-refractivity contribution in [1.82, 2.24) is 15.5 Å². The van der Waals surface area contributed by atoms with Crippen molar-refractivity contribution >= 4 is 0 Å². The summed E-state index contributed by atoms with van der Waals surface area (Å²) in [5, 5.41) is 7.17.